The van der Waals surface area contributed by atoms with E-state index < -0.39 is 0 Å². The van der Waals surface area contributed by atoms with Crippen LogP contribution < -0.4 is 5.32 Å². The lowest BCUT2D eigenvalue weighted by atomic mass is 10.1. The average Bonchev–Trinajstić information content (AvgIpc) is 3.04. The van der Waals surface area contributed by atoms with Gasteiger partial charge in [0.25, 0.3) is 0 Å². The summed E-state index contributed by atoms with van der Waals surface area (Å²) in [4.78, 5) is 16.7. The molecule has 23 heavy (non-hydrogen) atoms. The van der Waals surface area contributed by atoms with Gasteiger partial charge in [-0.1, -0.05) is 11.8 Å². The third-order valence-electron chi connectivity index (χ3n) is 3.75. The topological polar surface area (TPSA) is 78.9 Å². The second kappa shape index (κ2) is 7.34. The largest absolute Gasteiger partial charge is 0.467 e. The number of aromatic nitrogens is 1. The summed E-state index contributed by atoms with van der Waals surface area (Å²) in [7, 11) is 0. The second-order valence-electron chi connectivity index (χ2n) is 5.30. The number of nitrogens with zero attached hydrogens (tertiary/aromatic N) is 2. The minimum atomic E-state index is -0.355. The van der Waals surface area contributed by atoms with E-state index in [4.69, 9.17) is 4.42 Å². The first-order valence-corrected chi connectivity index (χ1v) is 8.16. The van der Waals surface area contributed by atoms with Gasteiger partial charge in [0.2, 0.25) is 5.91 Å². The molecule has 2 aromatic rings. The van der Waals surface area contributed by atoms with E-state index in [1.54, 1.807) is 25.3 Å². The number of pyridine rings is 1. The maximum Gasteiger partial charge on any atom is 0.233 e. The summed E-state index contributed by atoms with van der Waals surface area (Å²) in [6.45, 7) is 7.92. The maximum atomic E-state index is 12.2. The molecule has 0 fully saturated rings. The number of furan rings is 1. The van der Waals surface area contributed by atoms with Gasteiger partial charge in [-0.25, -0.2) is 4.98 Å². The lowest BCUT2D eigenvalue weighted by Crippen LogP contribution is -2.30. The maximum absolute atomic E-state index is 12.2. The predicted molar refractivity (Wildman–Crippen MR) is 89.0 cm³/mol. The Morgan fingerprint density at radius 1 is 1.43 bits per heavy atom. The number of nitriles is 1. The van der Waals surface area contributed by atoms with E-state index in [1.807, 2.05) is 20.8 Å². The highest BCUT2D eigenvalue weighted by Crippen LogP contribution is 2.29. The van der Waals surface area contributed by atoms with E-state index in [0.29, 0.717) is 22.9 Å². The van der Waals surface area contributed by atoms with E-state index in [1.165, 1.54) is 11.8 Å². The Hall–Kier alpha value is -2.26. The molecule has 0 aromatic carbocycles. The first kappa shape index (κ1) is 17.1. The monoisotopic (exact) mass is 329 g/mol. The molecule has 0 saturated carbocycles. The third kappa shape index (κ3) is 3.93. The van der Waals surface area contributed by atoms with Crippen LogP contribution in [0.1, 0.15) is 35.1 Å². The van der Waals surface area contributed by atoms with Crippen molar-refractivity contribution in [3.05, 3.63) is 46.5 Å². The van der Waals surface area contributed by atoms with Gasteiger partial charge in [-0.2, -0.15) is 5.26 Å². The molecule has 0 aliphatic carbocycles. The third-order valence-corrected chi connectivity index (χ3v) is 4.84. The van der Waals surface area contributed by atoms with E-state index >= 15 is 0 Å². The van der Waals surface area contributed by atoms with Crippen LogP contribution in [0.5, 0.6) is 0 Å². The number of carbonyl (C=O) groups is 1. The Morgan fingerprint density at radius 3 is 2.78 bits per heavy atom. The van der Waals surface area contributed by atoms with Gasteiger partial charge in [0.1, 0.15) is 16.9 Å². The van der Waals surface area contributed by atoms with Crippen LogP contribution >= 0.6 is 11.8 Å². The lowest BCUT2D eigenvalue weighted by molar-refractivity contribution is -0.120. The molecule has 0 bridgehead atoms. The number of hydrogen-bond donors (Lipinski definition) is 1. The van der Waals surface area contributed by atoms with Gasteiger partial charge in [0.05, 0.1) is 23.6 Å². The average molecular weight is 329 g/mol. The minimum absolute atomic E-state index is 0.118. The van der Waals surface area contributed by atoms with Gasteiger partial charge in [0, 0.05) is 5.69 Å². The summed E-state index contributed by atoms with van der Waals surface area (Å²) in [5, 5.41) is 12.4. The number of amides is 1. The van der Waals surface area contributed by atoms with E-state index in [0.717, 1.165) is 16.8 Å². The lowest BCUT2D eigenvalue weighted by Gasteiger charge is -2.14. The number of thioether (sulfide) groups is 1. The van der Waals surface area contributed by atoms with E-state index in [-0.39, 0.29) is 11.2 Å². The molecule has 1 N–H and O–H groups in total. The Kier molecular flexibility index (Phi) is 5.45. The molecule has 0 aliphatic rings. The molecule has 120 valence electrons. The molecule has 5 nitrogen and oxygen atoms in total. The molecule has 0 unspecified atom stereocenters. The van der Waals surface area contributed by atoms with Gasteiger partial charge in [-0.15, -0.1) is 0 Å². The normalized spacial score (nSPS) is 11.8. The van der Waals surface area contributed by atoms with Crippen molar-refractivity contribution in [3.63, 3.8) is 0 Å². The second-order valence-corrected chi connectivity index (χ2v) is 6.63. The van der Waals surface area contributed by atoms with Crippen molar-refractivity contribution in [1.29, 1.82) is 5.26 Å². The molecule has 0 saturated heterocycles. The summed E-state index contributed by atoms with van der Waals surface area (Å²) in [5.74, 6) is 0.585. The molecule has 6 heteroatoms. The highest BCUT2D eigenvalue weighted by Gasteiger charge is 2.20. The predicted octanol–water partition coefficient (Wildman–Crippen LogP) is 3.27. The Morgan fingerprint density at radius 2 is 2.17 bits per heavy atom. The van der Waals surface area contributed by atoms with E-state index in [2.05, 4.69) is 16.4 Å². The van der Waals surface area contributed by atoms with Gasteiger partial charge < -0.3 is 9.73 Å². The van der Waals surface area contributed by atoms with Crippen molar-refractivity contribution < 1.29 is 9.21 Å². The molecule has 1 amide bonds. The van der Waals surface area contributed by atoms with Crippen molar-refractivity contribution in [2.75, 3.05) is 0 Å². The van der Waals surface area contributed by atoms with Gasteiger partial charge in [-0.05, 0) is 51.0 Å². The first-order valence-electron chi connectivity index (χ1n) is 7.28. The Bertz CT molecular complexity index is 748. The zero-order valence-electron chi connectivity index (χ0n) is 13.6. The van der Waals surface area contributed by atoms with Gasteiger partial charge in [0.15, 0.2) is 0 Å². The Labute approximate surface area is 140 Å². The molecule has 0 radical (unpaired) electrons. The van der Waals surface area contributed by atoms with Crippen molar-refractivity contribution in [2.45, 2.75) is 44.5 Å². The van der Waals surface area contributed by atoms with Crippen LogP contribution in [-0.4, -0.2) is 16.1 Å². The fraction of sp³-hybridized carbons (Fsp3) is 0.353. The SMILES string of the molecule is Cc1nc(S[C@@H](C)C(=O)NCc2ccco2)c(C#N)c(C)c1C. The van der Waals surface area contributed by atoms with Crippen molar-refractivity contribution in [1.82, 2.24) is 10.3 Å². The molecule has 2 heterocycles. The summed E-state index contributed by atoms with van der Waals surface area (Å²) in [6, 6.07) is 5.78. The van der Waals surface area contributed by atoms with E-state index in [9.17, 15) is 10.1 Å². The summed E-state index contributed by atoms with van der Waals surface area (Å²) in [5.41, 5.74) is 3.36. The number of rotatable bonds is 5. The van der Waals surface area contributed by atoms with Crippen molar-refractivity contribution >= 4 is 17.7 Å². The Balaban J connectivity index is 2.09. The van der Waals surface area contributed by atoms with Crippen LogP contribution in [0, 0.1) is 32.1 Å². The summed E-state index contributed by atoms with van der Waals surface area (Å²) < 4.78 is 5.19. The zero-order chi connectivity index (χ0) is 17.0. The highest BCUT2D eigenvalue weighted by molar-refractivity contribution is 8.00. The number of nitrogens with one attached hydrogen (secondary N) is 1. The number of carbonyl (C=O) groups excluding carboxylic acids is 1. The van der Waals surface area contributed by atoms with Crippen molar-refractivity contribution in [2.24, 2.45) is 0 Å². The molecule has 0 aliphatic heterocycles. The van der Waals surface area contributed by atoms with Gasteiger partial charge in [-0.3, -0.25) is 4.79 Å². The van der Waals surface area contributed by atoms with Gasteiger partial charge >= 0.3 is 0 Å². The van der Waals surface area contributed by atoms with Crippen LogP contribution in [0.25, 0.3) is 0 Å². The summed E-state index contributed by atoms with van der Waals surface area (Å²) >= 11 is 1.30. The fourth-order valence-electron chi connectivity index (χ4n) is 2.08. The van der Waals surface area contributed by atoms with Crippen LogP contribution in [-0.2, 0) is 11.3 Å². The number of hydrogen-bond acceptors (Lipinski definition) is 5. The first-order chi connectivity index (χ1) is 10.9. The quantitative estimate of drug-likeness (QED) is 0.852. The standard InChI is InChI=1S/C17H19N3O2S/c1-10-11(2)15(8-18)17(20-12(10)3)23-13(4)16(21)19-9-14-6-5-7-22-14/h5-7,13H,9H2,1-4H3,(H,19,21)/t13-/m0/s1. The van der Waals surface area contributed by atoms with Crippen molar-refractivity contribution in [3.8, 4) is 6.07 Å². The highest BCUT2D eigenvalue weighted by atomic mass is 32.2. The molecular weight excluding hydrogens is 310 g/mol. The zero-order valence-corrected chi connectivity index (χ0v) is 14.5. The van der Waals surface area contributed by atoms with Crippen LogP contribution in [0.4, 0.5) is 0 Å². The van der Waals surface area contributed by atoms with Crippen LogP contribution in [0.15, 0.2) is 27.8 Å². The molecule has 2 rings (SSSR count). The molecule has 1 atom stereocenters. The fourth-order valence-corrected chi connectivity index (χ4v) is 3.11. The minimum Gasteiger partial charge on any atom is -0.467 e. The molecule has 2 aromatic heterocycles. The summed E-state index contributed by atoms with van der Waals surface area (Å²) in [6.07, 6.45) is 1.57. The number of aryl methyl sites for hydroxylation is 1. The molecule has 0 spiro atoms. The van der Waals surface area contributed by atoms with Crippen LogP contribution in [0.3, 0.4) is 0 Å². The van der Waals surface area contributed by atoms with Crippen LogP contribution in [0.2, 0.25) is 0 Å². The molecular formula is C17H19N3O2S. The smallest absolute Gasteiger partial charge is 0.233 e.